The van der Waals surface area contributed by atoms with Crippen LogP contribution in [-0.4, -0.2) is 60.4 Å². The monoisotopic (exact) mass is 446 g/mol. The molecule has 1 aliphatic rings. The molecule has 0 bridgehead atoms. The summed E-state index contributed by atoms with van der Waals surface area (Å²) in [5.41, 5.74) is 1.69. The predicted octanol–water partition coefficient (Wildman–Crippen LogP) is 4.18. The van der Waals surface area contributed by atoms with Crippen LogP contribution in [0.5, 0.6) is 5.75 Å². The third-order valence-electron chi connectivity index (χ3n) is 5.36. The zero-order valence-electron chi connectivity index (χ0n) is 19.1. The third kappa shape index (κ3) is 5.99. The second-order valence-electron chi connectivity index (χ2n) is 8.10. The largest absolute Gasteiger partial charge is 0.503 e. The van der Waals surface area contributed by atoms with Gasteiger partial charge in [-0.1, -0.05) is 61.2 Å². The Morgan fingerprint density at radius 3 is 2.48 bits per heavy atom. The second-order valence-corrected chi connectivity index (χ2v) is 8.10. The fourth-order valence-electron chi connectivity index (χ4n) is 3.77. The molecule has 1 heterocycles. The Morgan fingerprint density at radius 2 is 1.85 bits per heavy atom. The van der Waals surface area contributed by atoms with Crippen LogP contribution in [0.2, 0.25) is 0 Å². The molecule has 6 heteroatoms. The lowest BCUT2D eigenvalue weighted by atomic mass is 9.95. The van der Waals surface area contributed by atoms with E-state index in [-0.39, 0.29) is 5.57 Å². The molecule has 1 amide bonds. The Balaban J connectivity index is 1.92. The van der Waals surface area contributed by atoms with Gasteiger partial charge in [0.15, 0.2) is 11.5 Å². The molecule has 2 aromatic carbocycles. The van der Waals surface area contributed by atoms with Gasteiger partial charge in [0.1, 0.15) is 12.4 Å². The predicted molar refractivity (Wildman–Crippen MR) is 130 cm³/mol. The highest BCUT2D eigenvalue weighted by Crippen LogP contribution is 2.38. The number of hydrogen-bond donors (Lipinski definition) is 1. The number of rotatable bonds is 11. The Morgan fingerprint density at radius 1 is 1.15 bits per heavy atom. The lowest BCUT2D eigenvalue weighted by Gasteiger charge is -2.27. The number of ether oxygens (including phenoxy) is 1. The summed E-state index contributed by atoms with van der Waals surface area (Å²) < 4.78 is 5.55. The van der Waals surface area contributed by atoms with E-state index in [1.54, 1.807) is 29.2 Å². The summed E-state index contributed by atoms with van der Waals surface area (Å²) in [6, 6.07) is 16.0. The summed E-state index contributed by atoms with van der Waals surface area (Å²) in [6.45, 7) is 5.22. The Bertz CT molecular complexity index is 1040. The number of hydrogen-bond acceptors (Lipinski definition) is 5. The zero-order valence-corrected chi connectivity index (χ0v) is 19.1. The Labute approximate surface area is 195 Å². The van der Waals surface area contributed by atoms with Gasteiger partial charge in [-0.15, -0.1) is 0 Å². The van der Waals surface area contributed by atoms with E-state index in [4.69, 9.17) is 4.74 Å². The molecule has 0 aliphatic carbocycles. The highest BCUT2D eigenvalue weighted by molar-refractivity contribution is 6.14. The summed E-state index contributed by atoms with van der Waals surface area (Å²) in [4.78, 5) is 29.7. The first-order valence-electron chi connectivity index (χ1n) is 10.9. The molecule has 6 nitrogen and oxygen atoms in total. The van der Waals surface area contributed by atoms with Crippen molar-refractivity contribution < 1.29 is 19.4 Å². The van der Waals surface area contributed by atoms with Gasteiger partial charge in [-0.2, -0.15) is 0 Å². The summed E-state index contributed by atoms with van der Waals surface area (Å²) >= 11 is 0. The summed E-state index contributed by atoms with van der Waals surface area (Å²) in [7, 11) is 3.93. The molecule has 3 rings (SSSR count). The van der Waals surface area contributed by atoms with Crippen LogP contribution in [0.4, 0.5) is 0 Å². The van der Waals surface area contributed by atoms with Gasteiger partial charge in [0.25, 0.3) is 5.91 Å². The molecule has 1 aliphatic heterocycles. The van der Waals surface area contributed by atoms with Gasteiger partial charge < -0.3 is 19.6 Å². The quantitative estimate of drug-likeness (QED) is 0.414. The maximum atomic E-state index is 13.2. The van der Waals surface area contributed by atoms with E-state index in [9.17, 15) is 14.7 Å². The van der Waals surface area contributed by atoms with Crippen LogP contribution in [0, 0.1) is 0 Å². The van der Waals surface area contributed by atoms with Gasteiger partial charge in [0, 0.05) is 6.54 Å². The van der Waals surface area contributed by atoms with Gasteiger partial charge in [-0.05, 0) is 56.4 Å². The van der Waals surface area contributed by atoms with Crippen molar-refractivity contribution in [3.8, 4) is 5.75 Å². The molecule has 33 heavy (non-hydrogen) atoms. The van der Waals surface area contributed by atoms with Crippen molar-refractivity contribution in [1.82, 2.24) is 9.80 Å². The summed E-state index contributed by atoms with van der Waals surface area (Å²) in [5, 5.41) is 10.7. The average molecular weight is 447 g/mol. The summed E-state index contributed by atoms with van der Waals surface area (Å²) in [5.74, 6) is -0.745. The first kappa shape index (κ1) is 24.0. The number of aliphatic hydroxyl groups excluding tert-OH is 1. The van der Waals surface area contributed by atoms with Crippen molar-refractivity contribution >= 4 is 17.8 Å². The van der Waals surface area contributed by atoms with Crippen molar-refractivity contribution in [2.45, 2.75) is 12.5 Å². The van der Waals surface area contributed by atoms with E-state index < -0.39 is 23.5 Å². The van der Waals surface area contributed by atoms with Gasteiger partial charge >= 0.3 is 0 Å². The number of amides is 1. The molecule has 0 saturated carbocycles. The molecule has 0 spiro atoms. The second kappa shape index (κ2) is 11.3. The number of carbonyl (C=O) groups excluding carboxylic acids is 2. The van der Waals surface area contributed by atoms with Crippen LogP contribution >= 0.6 is 0 Å². The van der Waals surface area contributed by atoms with Gasteiger partial charge in [-0.3, -0.25) is 9.59 Å². The first-order valence-corrected chi connectivity index (χ1v) is 10.9. The molecular formula is C27H30N2O4. The number of ketones is 1. The minimum atomic E-state index is -0.666. The number of carbonyl (C=O) groups is 2. The van der Waals surface area contributed by atoms with Crippen LogP contribution in [0.25, 0.3) is 6.08 Å². The van der Waals surface area contributed by atoms with Crippen LogP contribution in [0.15, 0.2) is 84.7 Å². The van der Waals surface area contributed by atoms with E-state index in [0.29, 0.717) is 25.3 Å². The maximum absolute atomic E-state index is 13.2. The van der Waals surface area contributed by atoms with Crippen LogP contribution in [0.3, 0.4) is 0 Å². The zero-order chi connectivity index (χ0) is 23.8. The Kier molecular flexibility index (Phi) is 8.22. The lowest BCUT2D eigenvalue weighted by Crippen LogP contribution is -2.33. The SMILES string of the molecule is C=CCOc1ccc(C2C(C(=O)C=Cc3ccccc3)=C(O)C(=O)N2CCCN(C)C)cc1. The van der Waals surface area contributed by atoms with Crippen molar-refractivity contribution in [3.05, 3.63) is 95.8 Å². The molecule has 0 fully saturated rings. The van der Waals surface area contributed by atoms with Crippen LogP contribution in [0.1, 0.15) is 23.6 Å². The highest BCUT2D eigenvalue weighted by atomic mass is 16.5. The van der Waals surface area contributed by atoms with Crippen molar-refractivity contribution in [1.29, 1.82) is 0 Å². The number of nitrogens with zero attached hydrogens (tertiary/aromatic N) is 2. The van der Waals surface area contributed by atoms with Crippen LogP contribution < -0.4 is 4.74 Å². The molecule has 1 unspecified atom stereocenters. The molecule has 2 aromatic rings. The van der Waals surface area contributed by atoms with E-state index in [2.05, 4.69) is 6.58 Å². The molecule has 1 N–H and O–H groups in total. The number of allylic oxidation sites excluding steroid dienone is 1. The number of benzene rings is 2. The topological polar surface area (TPSA) is 70.1 Å². The third-order valence-corrected chi connectivity index (χ3v) is 5.36. The minimum Gasteiger partial charge on any atom is -0.503 e. The molecule has 0 radical (unpaired) electrons. The molecule has 1 atom stereocenters. The van der Waals surface area contributed by atoms with E-state index in [1.807, 2.05) is 61.5 Å². The highest BCUT2D eigenvalue weighted by Gasteiger charge is 2.42. The van der Waals surface area contributed by atoms with Crippen molar-refractivity contribution in [2.75, 3.05) is 33.8 Å². The van der Waals surface area contributed by atoms with E-state index in [0.717, 1.165) is 17.7 Å². The maximum Gasteiger partial charge on any atom is 0.290 e. The van der Waals surface area contributed by atoms with Gasteiger partial charge in [0.05, 0.1) is 11.6 Å². The fraction of sp³-hybridized carbons (Fsp3) is 0.259. The van der Waals surface area contributed by atoms with Crippen molar-refractivity contribution in [2.24, 2.45) is 0 Å². The molecule has 0 saturated heterocycles. The van der Waals surface area contributed by atoms with Crippen molar-refractivity contribution in [3.63, 3.8) is 0 Å². The summed E-state index contributed by atoms with van der Waals surface area (Å²) in [6.07, 6.45) is 5.47. The fourth-order valence-corrected chi connectivity index (χ4v) is 3.77. The van der Waals surface area contributed by atoms with Crippen LogP contribution in [-0.2, 0) is 9.59 Å². The normalized spacial score (nSPS) is 16.2. The molecular weight excluding hydrogens is 416 g/mol. The lowest BCUT2D eigenvalue weighted by molar-refractivity contribution is -0.129. The minimum absolute atomic E-state index is 0.0943. The van der Waals surface area contributed by atoms with E-state index in [1.165, 1.54) is 6.08 Å². The number of aliphatic hydroxyl groups is 1. The molecule has 0 aromatic heterocycles. The van der Waals surface area contributed by atoms with Gasteiger partial charge in [-0.25, -0.2) is 0 Å². The smallest absolute Gasteiger partial charge is 0.290 e. The average Bonchev–Trinajstić information content (AvgIpc) is 3.07. The van der Waals surface area contributed by atoms with Gasteiger partial charge in [0.2, 0.25) is 0 Å². The standard InChI is InChI=1S/C27H30N2O4/c1-4-19-33-22-14-12-21(13-15-22)25-24(23(30)16-11-20-9-6-5-7-10-20)26(31)27(32)29(25)18-8-17-28(2)3/h4-7,9-16,25,31H,1,8,17-19H2,2-3H3. The first-order chi connectivity index (χ1) is 15.9. The Hall–Kier alpha value is -3.64. The van der Waals surface area contributed by atoms with E-state index >= 15 is 0 Å². The molecule has 172 valence electrons.